The second kappa shape index (κ2) is 3.54. The Hall–Kier alpha value is -1.77. The Bertz CT molecular complexity index is 377. The molecule has 0 radical (unpaired) electrons. The smallest absolute Gasteiger partial charge is 0.222 e. The molecule has 3 nitrogen and oxygen atoms in total. The quantitative estimate of drug-likeness (QED) is 0.540. The zero-order chi connectivity index (χ0) is 9.97. The zero-order valence-corrected chi connectivity index (χ0v) is 7.73. The molecule has 2 rings (SSSR count). The third kappa shape index (κ3) is 1.93. The fourth-order valence-corrected chi connectivity index (χ4v) is 1.39. The lowest BCUT2D eigenvalue weighted by atomic mass is 10.0. The predicted molar refractivity (Wildman–Crippen MR) is 56.4 cm³/mol. The van der Waals surface area contributed by atoms with Gasteiger partial charge in [-0.1, -0.05) is 24.3 Å². The van der Waals surface area contributed by atoms with Gasteiger partial charge in [0.25, 0.3) is 0 Å². The van der Waals surface area contributed by atoms with Crippen molar-refractivity contribution in [1.82, 2.24) is 5.32 Å². The van der Waals surface area contributed by atoms with Crippen LogP contribution in [-0.4, -0.2) is 11.9 Å². The third-order valence-corrected chi connectivity index (χ3v) is 2.18. The van der Waals surface area contributed by atoms with Gasteiger partial charge in [0.2, 0.25) is 5.91 Å². The number of amides is 1. The molecule has 1 amide bonds. The van der Waals surface area contributed by atoms with Crippen molar-refractivity contribution in [3.63, 3.8) is 0 Å². The van der Waals surface area contributed by atoms with E-state index in [-0.39, 0.29) is 11.9 Å². The maximum atomic E-state index is 10.6. The van der Waals surface area contributed by atoms with E-state index in [1.807, 2.05) is 36.4 Å². The van der Waals surface area contributed by atoms with Crippen LogP contribution < -0.4 is 11.1 Å². The number of anilines is 1. The van der Waals surface area contributed by atoms with Gasteiger partial charge in [0.1, 0.15) is 0 Å². The van der Waals surface area contributed by atoms with Crippen LogP contribution in [0, 0.1) is 0 Å². The summed E-state index contributed by atoms with van der Waals surface area (Å²) in [6, 6.07) is 7.84. The lowest BCUT2D eigenvalue weighted by Gasteiger charge is -2.23. The van der Waals surface area contributed by atoms with Gasteiger partial charge in [0.15, 0.2) is 0 Å². The highest BCUT2D eigenvalue weighted by molar-refractivity contribution is 5.84. The van der Waals surface area contributed by atoms with Crippen LogP contribution in [0.5, 0.6) is 0 Å². The fraction of sp³-hybridized carbons (Fsp3) is 0.182. The number of nitrogens with one attached hydrogen (secondary N) is 1. The first-order valence-electron chi connectivity index (χ1n) is 4.57. The molecule has 1 aromatic rings. The number of carbonyl (C=O) groups is 1. The Morgan fingerprint density at radius 1 is 1.50 bits per heavy atom. The first-order valence-corrected chi connectivity index (χ1v) is 4.57. The lowest BCUT2D eigenvalue weighted by molar-refractivity contribution is -0.127. The Labute approximate surface area is 82.6 Å². The van der Waals surface area contributed by atoms with Crippen molar-refractivity contribution in [2.75, 3.05) is 5.73 Å². The SMILES string of the molecule is Nc1cccc(C=CC2CC(=O)N2)c1. The van der Waals surface area contributed by atoms with E-state index in [1.165, 1.54) is 0 Å². The van der Waals surface area contributed by atoms with E-state index in [9.17, 15) is 4.79 Å². The summed E-state index contributed by atoms with van der Waals surface area (Å²) in [6.07, 6.45) is 4.55. The number of hydrogen-bond acceptors (Lipinski definition) is 2. The number of hydrogen-bond donors (Lipinski definition) is 2. The van der Waals surface area contributed by atoms with Crippen LogP contribution in [0.3, 0.4) is 0 Å². The minimum absolute atomic E-state index is 0.118. The number of nitrogens with two attached hydrogens (primary N) is 1. The van der Waals surface area contributed by atoms with Gasteiger partial charge >= 0.3 is 0 Å². The molecular formula is C11H12N2O. The zero-order valence-electron chi connectivity index (χ0n) is 7.73. The molecule has 1 heterocycles. The minimum Gasteiger partial charge on any atom is -0.399 e. The molecule has 0 spiro atoms. The molecule has 72 valence electrons. The second-order valence-corrected chi connectivity index (χ2v) is 3.41. The topological polar surface area (TPSA) is 55.1 Å². The summed E-state index contributed by atoms with van der Waals surface area (Å²) in [6.45, 7) is 0. The number of β-lactam (4-membered cyclic amide) rings is 1. The van der Waals surface area contributed by atoms with Crippen LogP contribution in [0.4, 0.5) is 5.69 Å². The van der Waals surface area contributed by atoms with Gasteiger partial charge < -0.3 is 11.1 Å². The van der Waals surface area contributed by atoms with Gasteiger partial charge in [-0.25, -0.2) is 0 Å². The summed E-state index contributed by atoms with van der Waals surface area (Å²) in [5.41, 5.74) is 7.45. The van der Waals surface area contributed by atoms with Gasteiger partial charge in [-0.3, -0.25) is 4.79 Å². The van der Waals surface area contributed by atoms with Crippen molar-refractivity contribution in [2.24, 2.45) is 0 Å². The van der Waals surface area contributed by atoms with Gasteiger partial charge in [-0.15, -0.1) is 0 Å². The third-order valence-electron chi connectivity index (χ3n) is 2.18. The molecule has 1 aliphatic rings. The van der Waals surface area contributed by atoms with E-state index in [4.69, 9.17) is 5.73 Å². The predicted octanol–water partition coefficient (Wildman–Crippen LogP) is 1.17. The molecule has 1 aliphatic heterocycles. The van der Waals surface area contributed by atoms with Crippen molar-refractivity contribution >= 4 is 17.7 Å². The van der Waals surface area contributed by atoms with Gasteiger partial charge in [-0.2, -0.15) is 0 Å². The van der Waals surface area contributed by atoms with Crippen LogP contribution in [0.2, 0.25) is 0 Å². The van der Waals surface area contributed by atoms with E-state index >= 15 is 0 Å². The van der Waals surface area contributed by atoms with E-state index in [0.717, 1.165) is 11.3 Å². The molecule has 0 aromatic heterocycles. The van der Waals surface area contributed by atoms with Crippen molar-refractivity contribution < 1.29 is 4.79 Å². The molecule has 1 aromatic carbocycles. The molecule has 14 heavy (non-hydrogen) atoms. The molecule has 0 saturated carbocycles. The van der Waals surface area contributed by atoms with E-state index in [2.05, 4.69) is 5.32 Å². The summed E-state index contributed by atoms with van der Waals surface area (Å²) in [5, 5.41) is 2.77. The molecule has 1 atom stereocenters. The van der Waals surface area contributed by atoms with Gasteiger partial charge in [0, 0.05) is 5.69 Å². The second-order valence-electron chi connectivity index (χ2n) is 3.41. The summed E-state index contributed by atoms with van der Waals surface area (Å²) in [7, 11) is 0. The van der Waals surface area contributed by atoms with Crippen molar-refractivity contribution in [3.8, 4) is 0 Å². The van der Waals surface area contributed by atoms with Gasteiger partial charge in [0.05, 0.1) is 12.5 Å². The molecule has 1 saturated heterocycles. The molecule has 3 heteroatoms. The average molecular weight is 188 g/mol. The summed E-state index contributed by atoms with van der Waals surface area (Å²) in [4.78, 5) is 10.6. The Morgan fingerprint density at radius 3 is 2.93 bits per heavy atom. The highest BCUT2D eigenvalue weighted by Gasteiger charge is 2.21. The molecule has 1 fully saturated rings. The number of rotatable bonds is 2. The average Bonchev–Trinajstić information content (AvgIpc) is 2.11. The number of nitrogen functional groups attached to an aromatic ring is 1. The van der Waals surface area contributed by atoms with Crippen molar-refractivity contribution in [1.29, 1.82) is 0 Å². The maximum Gasteiger partial charge on any atom is 0.222 e. The normalized spacial score (nSPS) is 20.6. The highest BCUT2D eigenvalue weighted by Crippen LogP contribution is 2.11. The monoisotopic (exact) mass is 188 g/mol. The van der Waals surface area contributed by atoms with Crippen molar-refractivity contribution in [3.05, 3.63) is 35.9 Å². The first-order chi connectivity index (χ1) is 6.74. The van der Waals surface area contributed by atoms with Crippen LogP contribution in [0.1, 0.15) is 12.0 Å². The Kier molecular flexibility index (Phi) is 2.23. The molecule has 0 bridgehead atoms. The summed E-state index contributed by atoms with van der Waals surface area (Å²) < 4.78 is 0. The molecule has 1 unspecified atom stereocenters. The lowest BCUT2D eigenvalue weighted by Crippen LogP contribution is -2.46. The molecule has 3 N–H and O–H groups in total. The largest absolute Gasteiger partial charge is 0.399 e. The highest BCUT2D eigenvalue weighted by atomic mass is 16.2. The van der Waals surface area contributed by atoms with E-state index < -0.39 is 0 Å². The Morgan fingerprint density at radius 2 is 2.29 bits per heavy atom. The van der Waals surface area contributed by atoms with Crippen LogP contribution in [0.25, 0.3) is 6.08 Å². The standard InChI is InChI=1S/C11H12N2O/c12-9-3-1-2-8(6-9)4-5-10-7-11(14)13-10/h1-6,10H,7,12H2,(H,13,14). The molecule has 0 aliphatic carbocycles. The number of carbonyl (C=O) groups excluding carboxylic acids is 1. The Balaban J connectivity index is 2.00. The fourth-order valence-electron chi connectivity index (χ4n) is 1.39. The number of benzene rings is 1. The van der Waals surface area contributed by atoms with Crippen LogP contribution in [-0.2, 0) is 4.79 Å². The maximum absolute atomic E-state index is 10.6. The summed E-state index contributed by atoms with van der Waals surface area (Å²) in [5.74, 6) is 0.118. The van der Waals surface area contributed by atoms with E-state index in [0.29, 0.717) is 6.42 Å². The molecular weight excluding hydrogens is 176 g/mol. The first kappa shape index (κ1) is 8.81. The van der Waals surface area contributed by atoms with Crippen LogP contribution in [0.15, 0.2) is 30.3 Å². The van der Waals surface area contributed by atoms with E-state index in [1.54, 1.807) is 0 Å². The summed E-state index contributed by atoms with van der Waals surface area (Å²) >= 11 is 0. The minimum atomic E-state index is 0.118. The van der Waals surface area contributed by atoms with Crippen LogP contribution >= 0.6 is 0 Å². The van der Waals surface area contributed by atoms with Gasteiger partial charge in [-0.05, 0) is 17.7 Å². The van der Waals surface area contributed by atoms with Crippen molar-refractivity contribution in [2.45, 2.75) is 12.5 Å².